The fraction of sp³-hybridized carbons (Fsp3) is 0.263. The predicted molar refractivity (Wildman–Crippen MR) is 104 cm³/mol. The van der Waals surface area contributed by atoms with Crippen LogP contribution in [0.5, 0.6) is 0 Å². The van der Waals surface area contributed by atoms with Gasteiger partial charge in [0.25, 0.3) is 11.8 Å². The van der Waals surface area contributed by atoms with Crippen molar-refractivity contribution < 1.29 is 23.9 Å². The normalized spacial score (nSPS) is 10.1. The van der Waals surface area contributed by atoms with Crippen LogP contribution in [0.2, 0.25) is 0 Å². The summed E-state index contributed by atoms with van der Waals surface area (Å²) in [6.07, 6.45) is -0.995. The molecular formula is C19H21N3O5S. The van der Waals surface area contributed by atoms with E-state index in [1.54, 1.807) is 36.9 Å². The summed E-state index contributed by atoms with van der Waals surface area (Å²) >= 11 is 1.30. The molecule has 0 aliphatic carbocycles. The van der Waals surface area contributed by atoms with E-state index in [1.165, 1.54) is 34.4 Å². The topological polar surface area (TPSA) is 96.0 Å². The van der Waals surface area contributed by atoms with Crippen molar-refractivity contribution in [1.82, 2.24) is 15.3 Å². The Morgan fingerprint density at radius 3 is 2.36 bits per heavy atom. The van der Waals surface area contributed by atoms with Crippen LogP contribution in [0.4, 0.5) is 4.79 Å². The Hall–Kier alpha value is -3.20. The zero-order valence-electron chi connectivity index (χ0n) is 15.8. The minimum absolute atomic E-state index is 0.0820. The molecule has 0 saturated heterocycles. The first-order valence-electron chi connectivity index (χ1n) is 8.59. The lowest BCUT2D eigenvalue weighted by Crippen LogP contribution is -2.46. The van der Waals surface area contributed by atoms with Gasteiger partial charge in [0.2, 0.25) is 0 Å². The zero-order chi connectivity index (χ0) is 20.7. The first-order chi connectivity index (χ1) is 13.4. The Bertz CT molecular complexity index is 866. The second-order valence-corrected chi connectivity index (χ2v) is 6.53. The maximum atomic E-state index is 12.5. The van der Waals surface area contributed by atoms with Crippen molar-refractivity contribution in [3.63, 3.8) is 0 Å². The molecule has 0 fully saturated rings. The number of nitrogens with zero attached hydrogens (tertiary/aromatic N) is 2. The van der Waals surface area contributed by atoms with Crippen molar-refractivity contribution in [2.24, 2.45) is 0 Å². The van der Waals surface area contributed by atoms with Gasteiger partial charge in [-0.05, 0) is 43.5 Å². The highest BCUT2D eigenvalue weighted by atomic mass is 32.1. The Kier molecular flexibility index (Phi) is 7.28. The molecule has 28 heavy (non-hydrogen) atoms. The van der Waals surface area contributed by atoms with Gasteiger partial charge in [-0.25, -0.2) is 14.6 Å². The number of hydrogen-bond acceptors (Lipinski definition) is 6. The van der Waals surface area contributed by atoms with Gasteiger partial charge in [0, 0.05) is 36.6 Å². The van der Waals surface area contributed by atoms with Crippen LogP contribution in [0, 0.1) is 0 Å². The summed E-state index contributed by atoms with van der Waals surface area (Å²) in [5.74, 6) is -1.62. The smallest absolute Gasteiger partial charge is 0.371 e. The van der Waals surface area contributed by atoms with Gasteiger partial charge in [-0.1, -0.05) is 6.07 Å². The molecule has 0 spiro atoms. The second kappa shape index (κ2) is 9.65. The van der Waals surface area contributed by atoms with E-state index in [0.29, 0.717) is 12.1 Å². The Morgan fingerprint density at radius 1 is 1.04 bits per heavy atom. The van der Waals surface area contributed by atoms with Gasteiger partial charge in [0.05, 0.1) is 5.56 Å². The number of esters is 1. The molecule has 1 aromatic carbocycles. The van der Waals surface area contributed by atoms with Gasteiger partial charge < -0.3 is 9.64 Å². The lowest BCUT2D eigenvalue weighted by Gasteiger charge is -2.20. The van der Waals surface area contributed by atoms with Crippen molar-refractivity contribution in [2.45, 2.75) is 13.8 Å². The van der Waals surface area contributed by atoms with E-state index in [0.717, 1.165) is 5.01 Å². The molecule has 0 unspecified atom stereocenters. The second-order valence-electron chi connectivity index (χ2n) is 5.75. The fourth-order valence-electron chi connectivity index (χ4n) is 2.17. The molecule has 1 heterocycles. The van der Waals surface area contributed by atoms with Gasteiger partial charge in [0.1, 0.15) is 0 Å². The SMILES string of the molecule is CCN(C)C(=O)c1cccc(C(=O)NN(CC)C(=O)OC(=O)c2ccsc2)c1. The molecule has 0 atom stereocenters. The number of hydrogen-bond donors (Lipinski definition) is 1. The summed E-state index contributed by atoms with van der Waals surface area (Å²) in [5, 5.41) is 4.13. The first kappa shape index (κ1) is 21.1. The Labute approximate surface area is 166 Å². The summed E-state index contributed by atoms with van der Waals surface area (Å²) in [7, 11) is 1.66. The summed E-state index contributed by atoms with van der Waals surface area (Å²) in [6, 6.07) is 7.69. The van der Waals surface area contributed by atoms with Crippen LogP contribution >= 0.6 is 11.3 Å². The van der Waals surface area contributed by atoms with E-state index in [1.807, 2.05) is 6.92 Å². The summed E-state index contributed by atoms with van der Waals surface area (Å²) in [5.41, 5.74) is 3.20. The number of carbonyl (C=O) groups is 4. The van der Waals surface area contributed by atoms with Crippen molar-refractivity contribution in [2.75, 3.05) is 20.1 Å². The molecule has 1 N–H and O–H groups in total. The highest BCUT2D eigenvalue weighted by molar-refractivity contribution is 7.08. The Balaban J connectivity index is 2.06. The van der Waals surface area contributed by atoms with Crippen LogP contribution in [-0.4, -0.2) is 53.9 Å². The van der Waals surface area contributed by atoms with Crippen molar-refractivity contribution in [3.05, 3.63) is 57.8 Å². The average molecular weight is 403 g/mol. The van der Waals surface area contributed by atoms with Gasteiger partial charge >= 0.3 is 12.1 Å². The third kappa shape index (κ3) is 5.17. The molecule has 9 heteroatoms. The number of benzene rings is 1. The van der Waals surface area contributed by atoms with E-state index in [-0.39, 0.29) is 23.6 Å². The third-order valence-electron chi connectivity index (χ3n) is 3.90. The molecule has 0 radical (unpaired) electrons. The van der Waals surface area contributed by atoms with Crippen LogP contribution in [0.3, 0.4) is 0 Å². The highest BCUT2D eigenvalue weighted by Crippen LogP contribution is 2.10. The number of amides is 3. The molecule has 0 saturated carbocycles. The largest absolute Gasteiger partial charge is 0.436 e. The quantitative estimate of drug-likeness (QED) is 0.470. The zero-order valence-corrected chi connectivity index (χ0v) is 16.6. The molecule has 0 aliphatic heterocycles. The van der Waals surface area contributed by atoms with E-state index >= 15 is 0 Å². The number of carbonyl (C=O) groups excluding carboxylic acids is 4. The third-order valence-corrected chi connectivity index (χ3v) is 4.59. The standard InChI is InChI=1S/C19H21N3O5S/c1-4-21(3)17(24)14-8-6-7-13(11-14)16(23)20-22(5-2)19(26)27-18(25)15-9-10-28-12-15/h6-12H,4-5H2,1-3H3,(H,20,23). The monoisotopic (exact) mass is 403 g/mol. The summed E-state index contributed by atoms with van der Waals surface area (Å²) in [6.45, 7) is 4.07. The minimum Gasteiger partial charge on any atom is -0.371 e. The first-order valence-corrected chi connectivity index (χ1v) is 9.54. The van der Waals surface area contributed by atoms with Gasteiger partial charge in [0.15, 0.2) is 0 Å². The van der Waals surface area contributed by atoms with E-state index in [2.05, 4.69) is 5.43 Å². The minimum atomic E-state index is -0.995. The lowest BCUT2D eigenvalue weighted by molar-refractivity contribution is 0.0471. The van der Waals surface area contributed by atoms with Crippen LogP contribution in [0.25, 0.3) is 0 Å². The van der Waals surface area contributed by atoms with Crippen molar-refractivity contribution in [3.8, 4) is 0 Å². The van der Waals surface area contributed by atoms with Crippen LogP contribution in [-0.2, 0) is 4.74 Å². The molecule has 1 aromatic heterocycles. The molecule has 148 valence electrons. The fourth-order valence-corrected chi connectivity index (χ4v) is 2.80. The highest BCUT2D eigenvalue weighted by Gasteiger charge is 2.22. The molecule has 8 nitrogen and oxygen atoms in total. The van der Waals surface area contributed by atoms with E-state index < -0.39 is 18.0 Å². The predicted octanol–water partition coefficient (Wildman–Crippen LogP) is 2.78. The Morgan fingerprint density at radius 2 is 1.75 bits per heavy atom. The van der Waals surface area contributed by atoms with E-state index in [9.17, 15) is 19.2 Å². The van der Waals surface area contributed by atoms with Gasteiger partial charge in [-0.3, -0.25) is 15.0 Å². The number of thiophene rings is 1. The number of nitrogens with one attached hydrogen (secondary N) is 1. The van der Waals surface area contributed by atoms with Crippen molar-refractivity contribution >= 4 is 35.2 Å². The lowest BCUT2D eigenvalue weighted by atomic mass is 10.1. The summed E-state index contributed by atoms with van der Waals surface area (Å²) < 4.78 is 4.77. The van der Waals surface area contributed by atoms with Crippen LogP contribution in [0.15, 0.2) is 41.1 Å². The maximum absolute atomic E-state index is 12.5. The molecule has 2 aromatic rings. The molecule has 0 aliphatic rings. The number of rotatable bonds is 5. The number of hydrazine groups is 1. The van der Waals surface area contributed by atoms with Crippen LogP contribution in [0.1, 0.15) is 44.9 Å². The molecular weight excluding hydrogens is 382 g/mol. The average Bonchev–Trinajstić information content (AvgIpc) is 3.25. The summed E-state index contributed by atoms with van der Waals surface area (Å²) in [4.78, 5) is 50.3. The van der Waals surface area contributed by atoms with Gasteiger partial charge in [-0.15, -0.1) is 0 Å². The maximum Gasteiger partial charge on any atom is 0.436 e. The molecule has 2 rings (SSSR count). The van der Waals surface area contributed by atoms with Gasteiger partial charge in [-0.2, -0.15) is 11.3 Å². The van der Waals surface area contributed by atoms with E-state index in [4.69, 9.17) is 4.74 Å². The molecule has 3 amide bonds. The van der Waals surface area contributed by atoms with Crippen LogP contribution < -0.4 is 5.43 Å². The molecule has 0 bridgehead atoms. The van der Waals surface area contributed by atoms with Crippen molar-refractivity contribution in [1.29, 1.82) is 0 Å². The number of ether oxygens (including phenoxy) is 1.